The van der Waals surface area contributed by atoms with Gasteiger partial charge < -0.3 is 17.5 Å². The third-order valence-electron chi connectivity index (χ3n) is 2.40. The van der Waals surface area contributed by atoms with E-state index in [4.69, 9.17) is 5.11 Å². The number of benzene rings is 1. The predicted octanol–water partition coefficient (Wildman–Crippen LogP) is -2.11. The molecule has 1 aromatic carbocycles. The molecular formula is C12H15ClN2O. The smallest absolute Gasteiger partial charge is 0.256 e. The molecule has 2 N–H and O–H groups in total. The van der Waals surface area contributed by atoms with Crippen LogP contribution in [0.5, 0.6) is 0 Å². The molecule has 0 atom stereocenters. The lowest BCUT2D eigenvalue weighted by molar-refractivity contribution is -0.694. The van der Waals surface area contributed by atoms with E-state index < -0.39 is 0 Å². The maximum atomic E-state index is 8.90. The maximum Gasteiger partial charge on any atom is 0.256 e. The Morgan fingerprint density at radius 3 is 2.62 bits per heavy atom. The average molecular weight is 239 g/mol. The highest BCUT2D eigenvalue weighted by Crippen LogP contribution is 1.98. The number of halogens is 1. The van der Waals surface area contributed by atoms with Gasteiger partial charge in [0.25, 0.3) is 5.82 Å². The van der Waals surface area contributed by atoms with Crippen LogP contribution < -0.4 is 17.0 Å². The van der Waals surface area contributed by atoms with E-state index in [2.05, 4.69) is 21.7 Å². The standard InChI is InChI=1S/C12H14N2O.ClH/c15-9-6-12-13-7-8-14(12)10-11-4-2-1-3-5-11;/h1-5,7-8,15H,6,9-10H2;1H. The molecule has 2 rings (SSSR count). The van der Waals surface area contributed by atoms with E-state index >= 15 is 0 Å². The second-order valence-corrected chi connectivity index (χ2v) is 3.49. The average Bonchev–Trinajstić information content (AvgIpc) is 2.68. The lowest BCUT2D eigenvalue weighted by Crippen LogP contribution is -3.00. The number of nitrogens with zero attached hydrogens (tertiary/aromatic N) is 1. The fourth-order valence-electron chi connectivity index (χ4n) is 1.65. The minimum Gasteiger partial charge on any atom is -1.00 e. The number of aliphatic hydroxyl groups is 1. The van der Waals surface area contributed by atoms with Gasteiger partial charge in [-0.15, -0.1) is 0 Å². The van der Waals surface area contributed by atoms with E-state index in [1.807, 2.05) is 30.6 Å². The Kier molecular flexibility index (Phi) is 5.02. The van der Waals surface area contributed by atoms with Crippen LogP contribution in [-0.4, -0.2) is 16.7 Å². The van der Waals surface area contributed by atoms with E-state index in [0.29, 0.717) is 6.42 Å². The van der Waals surface area contributed by atoms with Crippen molar-refractivity contribution in [3.05, 3.63) is 54.1 Å². The van der Waals surface area contributed by atoms with Gasteiger partial charge in [0.15, 0.2) is 0 Å². The molecule has 0 aliphatic heterocycles. The fraction of sp³-hybridized carbons (Fsp3) is 0.250. The van der Waals surface area contributed by atoms with Crippen LogP contribution in [0.4, 0.5) is 0 Å². The van der Waals surface area contributed by atoms with Crippen molar-refractivity contribution < 1.29 is 22.1 Å². The number of hydrogen-bond donors (Lipinski definition) is 2. The molecule has 0 saturated heterocycles. The van der Waals surface area contributed by atoms with Crippen molar-refractivity contribution >= 4 is 0 Å². The predicted molar refractivity (Wildman–Crippen MR) is 57.3 cm³/mol. The fourth-order valence-corrected chi connectivity index (χ4v) is 1.65. The van der Waals surface area contributed by atoms with Crippen LogP contribution in [0.3, 0.4) is 0 Å². The summed E-state index contributed by atoms with van der Waals surface area (Å²) in [5.74, 6) is 1.06. The summed E-state index contributed by atoms with van der Waals surface area (Å²) in [6.07, 6.45) is 4.56. The molecule has 4 heteroatoms. The summed E-state index contributed by atoms with van der Waals surface area (Å²) in [4.78, 5) is 3.13. The van der Waals surface area contributed by atoms with Gasteiger partial charge in [-0.05, 0) is 5.56 Å². The number of hydrogen-bond acceptors (Lipinski definition) is 1. The normalized spacial score (nSPS) is 9.81. The van der Waals surface area contributed by atoms with Crippen LogP contribution in [0.1, 0.15) is 11.4 Å². The highest BCUT2D eigenvalue weighted by atomic mass is 35.5. The van der Waals surface area contributed by atoms with E-state index in [9.17, 15) is 0 Å². The molecule has 0 spiro atoms. The summed E-state index contributed by atoms with van der Waals surface area (Å²) in [6.45, 7) is 1.02. The maximum absolute atomic E-state index is 8.90. The molecule has 16 heavy (non-hydrogen) atoms. The van der Waals surface area contributed by atoms with Crippen molar-refractivity contribution in [1.29, 1.82) is 0 Å². The second kappa shape index (κ2) is 6.30. The largest absolute Gasteiger partial charge is 1.00 e. The summed E-state index contributed by atoms with van der Waals surface area (Å²) < 4.78 is 2.12. The van der Waals surface area contributed by atoms with Crippen molar-refractivity contribution in [3.8, 4) is 0 Å². The molecule has 1 aromatic heterocycles. The first-order chi connectivity index (χ1) is 7.40. The zero-order chi connectivity index (χ0) is 10.5. The Hall–Kier alpha value is -1.32. The minimum absolute atomic E-state index is 0. The van der Waals surface area contributed by atoms with Crippen LogP contribution in [0, 0.1) is 0 Å². The molecule has 0 amide bonds. The molecule has 2 aromatic rings. The van der Waals surface area contributed by atoms with Gasteiger partial charge in [-0.2, -0.15) is 0 Å². The minimum atomic E-state index is 0. The van der Waals surface area contributed by atoms with Gasteiger partial charge in [0, 0.05) is 0 Å². The lowest BCUT2D eigenvalue weighted by Gasteiger charge is -2.00. The van der Waals surface area contributed by atoms with Crippen LogP contribution in [0.2, 0.25) is 0 Å². The van der Waals surface area contributed by atoms with Crippen molar-refractivity contribution in [1.82, 2.24) is 4.98 Å². The van der Waals surface area contributed by atoms with Gasteiger partial charge in [0.05, 0.1) is 13.0 Å². The van der Waals surface area contributed by atoms with Gasteiger partial charge >= 0.3 is 0 Å². The summed E-state index contributed by atoms with van der Waals surface area (Å²) in [5, 5.41) is 8.90. The van der Waals surface area contributed by atoms with Gasteiger partial charge in [-0.1, -0.05) is 30.3 Å². The number of aromatic nitrogens is 2. The highest BCUT2D eigenvalue weighted by Gasteiger charge is 2.09. The third-order valence-corrected chi connectivity index (χ3v) is 2.40. The second-order valence-electron chi connectivity index (χ2n) is 3.49. The van der Waals surface area contributed by atoms with Crippen molar-refractivity contribution in [2.75, 3.05) is 6.61 Å². The van der Waals surface area contributed by atoms with E-state index in [1.54, 1.807) is 0 Å². The molecule has 0 unspecified atom stereocenters. The van der Waals surface area contributed by atoms with Crippen LogP contribution in [0.25, 0.3) is 0 Å². The molecule has 0 fully saturated rings. The Bertz CT molecular complexity index is 414. The molecule has 1 heterocycles. The highest BCUT2D eigenvalue weighted by molar-refractivity contribution is 5.13. The van der Waals surface area contributed by atoms with E-state index in [1.165, 1.54) is 5.56 Å². The van der Waals surface area contributed by atoms with Gasteiger partial charge in [-0.3, -0.25) is 0 Å². The van der Waals surface area contributed by atoms with Crippen molar-refractivity contribution in [2.24, 2.45) is 0 Å². The van der Waals surface area contributed by atoms with Crippen LogP contribution >= 0.6 is 0 Å². The number of H-pyrrole nitrogens is 1. The Labute approximate surface area is 101 Å². The molecule has 86 valence electrons. The number of aromatic amines is 1. The topological polar surface area (TPSA) is 39.9 Å². The first-order valence-corrected chi connectivity index (χ1v) is 5.10. The van der Waals surface area contributed by atoms with Crippen LogP contribution in [0.15, 0.2) is 42.7 Å². The summed E-state index contributed by atoms with van der Waals surface area (Å²) in [7, 11) is 0. The molecule has 0 bridgehead atoms. The first kappa shape index (κ1) is 12.7. The number of rotatable bonds is 4. The van der Waals surface area contributed by atoms with Gasteiger partial charge in [0.1, 0.15) is 18.9 Å². The SMILES string of the molecule is OCCc1[nH]cc[n+]1Cc1ccccc1.[Cl-]. The van der Waals surface area contributed by atoms with Gasteiger partial charge in [-0.25, -0.2) is 9.55 Å². The van der Waals surface area contributed by atoms with Crippen molar-refractivity contribution in [3.63, 3.8) is 0 Å². The van der Waals surface area contributed by atoms with Crippen molar-refractivity contribution in [2.45, 2.75) is 13.0 Å². The number of imidazole rings is 1. The zero-order valence-electron chi connectivity index (χ0n) is 8.94. The molecule has 0 aliphatic rings. The Morgan fingerprint density at radius 2 is 1.94 bits per heavy atom. The quantitative estimate of drug-likeness (QED) is 0.588. The zero-order valence-corrected chi connectivity index (χ0v) is 9.69. The summed E-state index contributed by atoms with van der Waals surface area (Å²) in [5.41, 5.74) is 1.27. The van der Waals surface area contributed by atoms with Gasteiger partial charge in [0.2, 0.25) is 0 Å². The number of nitrogens with one attached hydrogen (secondary N) is 1. The summed E-state index contributed by atoms with van der Waals surface area (Å²) in [6, 6.07) is 10.3. The molecule has 3 nitrogen and oxygen atoms in total. The Morgan fingerprint density at radius 1 is 1.19 bits per heavy atom. The molecule has 0 aliphatic carbocycles. The summed E-state index contributed by atoms with van der Waals surface area (Å²) >= 11 is 0. The van der Waals surface area contributed by atoms with Crippen LogP contribution in [-0.2, 0) is 13.0 Å². The Balaban J connectivity index is 0.00000128. The molecule has 0 radical (unpaired) electrons. The lowest BCUT2D eigenvalue weighted by atomic mass is 10.2. The monoisotopic (exact) mass is 238 g/mol. The molecular weight excluding hydrogens is 224 g/mol. The van der Waals surface area contributed by atoms with E-state index in [-0.39, 0.29) is 19.0 Å². The number of aliphatic hydroxyl groups excluding tert-OH is 1. The molecule has 0 saturated carbocycles. The third kappa shape index (κ3) is 3.08. The first-order valence-electron chi connectivity index (χ1n) is 5.10. The van der Waals surface area contributed by atoms with E-state index in [0.717, 1.165) is 12.4 Å².